The number of rotatable bonds is 4. The van der Waals surface area contributed by atoms with Gasteiger partial charge in [0.05, 0.1) is 11.3 Å². The van der Waals surface area contributed by atoms with Crippen molar-refractivity contribution in [3.63, 3.8) is 0 Å². The Kier molecular flexibility index (Phi) is 4.91. The van der Waals surface area contributed by atoms with Crippen LogP contribution in [-0.2, 0) is 9.59 Å². The molecule has 3 aromatic rings. The molecule has 4 rings (SSSR count). The van der Waals surface area contributed by atoms with Crippen LogP contribution in [0, 0.1) is 25.5 Å². The summed E-state index contributed by atoms with van der Waals surface area (Å²) in [7, 11) is 0. The van der Waals surface area contributed by atoms with E-state index < -0.39 is 23.4 Å². The van der Waals surface area contributed by atoms with Crippen molar-refractivity contribution in [3.05, 3.63) is 101 Å². The standard InChI is InChI=1S/C24H18F2N2O2/c1-14-7-12-18(15(2)13-14)21-22(27-17-10-8-16(25)9-11-17)24(30)28(23(21)29)20-6-4-3-5-19(20)26/h3-13,27H,1-2H3. The molecule has 6 heteroatoms. The second-order valence-electron chi connectivity index (χ2n) is 7.10. The highest BCUT2D eigenvalue weighted by molar-refractivity contribution is 6.46. The zero-order chi connectivity index (χ0) is 21.4. The zero-order valence-corrected chi connectivity index (χ0v) is 16.4. The van der Waals surface area contributed by atoms with E-state index in [1.165, 1.54) is 42.5 Å². The molecule has 1 N–H and O–H groups in total. The maximum absolute atomic E-state index is 14.4. The number of nitrogens with zero attached hydrogens (tertiary/aromatic N) is 1. The zero-order valence-electron chi connectivity index (χ0n) is 16.4. The largest absolute Gasteiger partial charge is 0.350 e. The Morgan fingerprint density at radius 3 is 2.20 bits per heavy atom. The maximum Gasteiger partial charge on any atom is 0.282 e. The number of aryl methyl sites for hydroxylation is 2. The second-order valence-corrected chi connectivity index (χ2v) is 7.10. The monoisotopic (exact) mass is 404 g/mol. The van der Waals surface area contributed by atoms with E-state index in [1.807, 2.05) is 26.0 Å². The molecular formula is C24H18F2N2O2. The van der Waals surface area contributed by atoms with E-state index in [-0.39, 0.29) is 17.0 Å². The predicted molar refractivity (Wildman–Crippen MR) is 112 cm³/mol. The van der Waals surface area contributed by atoms with Crippen molar-refractivity contribution in [2.24, 2.45) is 0 Å². The van der Waals surface area contributed by atoms with Gasteiger partial charge in [-0.3, -0.25) is 9.59 Å². The number of benzene rings is 3. The van der Waals surface area contributed by atoms with Crippen LogP contribution in [0.2, 0.25) is 0 Å². The summed E-state index contributed by atoms with van der Waals surface area (Å²) in [6, 6.07) is 16.5. The van der Waals surface area contributed by atoms with Gasteiger partial charge in [0, 0.05) is 5.69 Å². The van der Waals surface area contributed by atoms with Gasteiger partial charge in [-0.1, -0.05) is 35.9 Å². The molecule has 0 bridgehead atoms. The summed E-state index contributed by atoms with van der Waals surface area (Å²) in [5.74, 6) is -2.40. The molecule has 0 atom stereocenters. The van der Waals surface area contributed by atoms with Gasteiger partial charge in [-0.15, -0.1) is 0 Å². The number of carbonyl (C=O) groups is 2. The van der Waals surface area contributed by atoms with Gasteiger partial charge in [0.2, 0.25) is 0 Å². The van der Waals surface area contributed by atoms with Crippen molar-refractivity contribution in [1.29, 1.82) is 0 Å². The molecular weight excluding hydrogens is 386 g/mol. The molecule has 0 saturated heterocycles. The number of nitrogens with one attached hydrogen (secondary N) is 1. The van der Waals surface area contributed by atoms with Gasteiger partial charge in [0.1, 0.15) is 17.3 Å². The number of halogens is 2. The molecule has 1 heterocycles. The van der Waals surface area contributed by atoms with E-state index in [0.29, 0.717) is 11.3 Å². The fourth-order valence-corrected chi connectivity index (χ4v) is 3.52. The fourth-order valence-electron chi connectivity index (χ4n) is 3.52. The lowest BCUT2D eigenvalue weighted by molar-refractivity contribution is -0.120. The topological polar surface area (TPSA) is 49.4 Å². The number of hydrogen-bond donors (Lipinski definition) is 1. The Labute approximate surface area is 172 Å². The Bertz CT molecular complexity index is 1200. The smallest absolute Gasteiger partial charge is 0.282 e. The molecule has 0 unspecified atom stereocenters. The van der Waals surface area contributed by atoms with Gasteiger partial charge in [-0.25, -0.2) is 13.7 Å². The average molecular weight is 404 g/mol. The van der Waals surface area contributed by atoms with Gasteiger partial charge in [0.15, 0.2) is 0 Å². The number of para-hydroxylation sites is 1. The average Bonchev–Trinajstić information content (AvgIpc) is 2.94. The van der Waals surface area contributed by atoms with E-state index >= 15 is 0 Å². The molecule has 1 aliphatic rings. The molecule has 30 heavy (non-hydrogen) atoms. The van der Waals surface area contributed by atoms with Crippen molar-refractivity contribution < 1.29 is 18.4 Å². The molecule has 4 nitrogen and oxygen atoms in total. The van der Waals surface area contributed by atoms with E-state index in [9.17, 15) is 18.4 Å². The van der Waals surface area contributed by atoms with Crippen LogP contribution in [0.4, 0.5) is 20.2 Å². The SMILES string of the molecule is Cc1ccc(C2=C(Nc3ccc(F)cc3)C(=O)N(c3ccccc3F)C2=O)c(C)c1. The lowest BCUT2D eigenvalue weighted by atomic mass is 9.97. The highest BCUT2D eigenvalue weighted by Gasteiger charge is 2.41. The van der Waals surface area contributed by atoms with Gasteiger partial charge >= 0.3 is 0 Å². The molecule has 3 aromatic carbocycles. The molecule has 0 fully saturated rings. The summed E-state index contributed by atoms with van der Waals surface area (Å²) in [4.78, 5) is 27.4. The van der Waals surface area contributed by atoms with Crippen molar-refractivity contribution in [2.45, 2.75) is 13.8 Å². The quantitative estimate of drug-likeness (QED) is 0.624. The minimum Gasteiger partial charge on any atom is -0.350 e. The number of carbonyl (C=O) groups excluding carboxylic acids is 2. The second kappa shape index (κ2) is 7.55. The van der Waals surface area contributed by atoms with Gasteiger partial charge in [-0.2, -0.15) is 0 Å². The van der Waals surface area contributed by atoms with Crippen molar-refractivity contribution >= 4 is 28.8 Å². The lowest BCUT2D eigenvalue weighted by Crippen LogP contribution is -2.33. The van der Waals surface area contributed by atoms with Crippen LogP contribution >= 0.6 is 0 Å². The van der Waals surface area contributed by atoms with E-state index in [1.54, 1.807) is 12.1 Å². The molecule has 0 spiro atoms. The summed E-state index contributed by atoms with van der Waals surface area (Å²) in [5.41, 5.74) is 2.86. The summed E-state index contributed by atoms with van der Waals surface area (Å²) in [6.45, 7) is 3.77. The molecule has 1 aliphatic heterocycles. The minimum atomic E-state index is -0.679. The third-order valence-corrected chi connectivity index (χ3v) is 4.94. The Balaban J connectivity index is 1.87. The molecule has 0 aliphatic carbocycles. The maximum atomic E-state index is 14.4. The normalized spacial score (nSPS) is 13.9. The highest BCUT2D eigenvalue weighted by Crippen LogP contribution is 2.36. The first-order valence-corrected chi connectivity index (χ1v) is 9.34. The first-order valence-electron chi connectivity index (χ1n) is 9.34. The van der Waals surface area contributed by atoms with Crippen LogP contribution in [0.25, 0.3) is 5.57 Å². The predicted octanol–water partition coefficient (Wildman–Crippen LogP) is 4.98. The molecule has 150 valence electrons. The molecule has 2 amide bonds. The van der Waals surface area contributed by atoms with Gasteiger partial charge in [-0.05, 0) is 61.4 Å². The first-order chi connectivity index (χ1) is 14.4. The van der Waals surface area contributed by atoms with Crippen LogP contribution < -0.4 is 10.2 Å². The number of amides is 2. The van der Waals surface area contributed by atoms with Crippen LogP contribution in [0.5, 0.6) is 0 Å². The summed E-state index contributed by atoms with van der Waals surface area (Å²) >= 11 is 0. The van der Waals surface area contributed by atoms with Gasteiger partial charge < -0.3 is 5.32 Å². The number of imide groups is 1. The van der Waals surface area contributed by atoms with E-state index in [2.05, 4.69) is 5.32 Å². The summed E-state index contributed by atoms with van der Waals surface area (Å²) < 4.78 is 27.7. The Hall–Kier alpha value is -3.80. The minimum absolute atomic E-state index is 0.0156. The summed E-state index contributed by atoms with van der Waals surface area (Å²) in [6.07, 6.45) is 0. The molecule has 0 aromatic heterocycles. The third-order valence-electron chi connectivity index (χ3n) is 4.94. The molecule has 0 radical (unpaired) electrons. The fraction of sp³-hybridized carbons (Fsp3) is 0.0833. The van der Waals surface area contributed by atoms with Crippen molar-refractivity contribution in [3.8, 4) is 0 Å². The molecule has 0 saturated carbocycles. The van der Waals surface area contributed by atoms with Crippen LogP contribution in [-0.4, -0.2) is 11.8 Å². The first kappa shape index (κ1) is 19.5. The van der Waals surface area contributed by atoms with Crippen molar-refractivity contribution in [1.82, 2.24) is 0 Å². The van der Waals surface area contributed by atoms with Crippen LogP contribution in [0.15, 0.2) is 72.4 Å². The van der Waals surface area contributed by atoms with Crippen molar-refractivity contribution in [2.75, 3.05) is 10.2 Å². The van der Waals surface area contributed by atoms with E-state index in [4.69, 9.17) is 0 Å². The number of hydrogen-bond acceptors (Lipinski definition) is 3. The Morgan fingerprint density at radius 2 is 1.53 bits per heavy atom. The van der Waals surface area contributed by atoms with Crippen LogP contribution in [0.1, 0.15) is 16.7 Å². The third kappa shape index (κ3) is 3.37. The van der Waals surface area contributed by atoms with Crippen LogP contribution in [0.3, 0.4) is 0 Å². The highest BCUT2D eigenvalue weighted by atomic mass is 19.1. The number of anilines is 2. The lowest BCUT2D eigenvalue weighted by Gasteiger charge is -2.16. The van der Waals surface area contributed by atoms with E-state index in [0.717, 1.165) is 16.0 Å². The summed E-state index contributed by atoms with van der Waals surface area (Å²) in [5, 5.41) is 2.94. The van der Waals surface area contributed by atoms with Gasteiger partial charge in [0.25, 0.3) is 11.8 Å². The Morgan fingerprint density at radius 1 is 0.833 bits per heavy atom.